The van der Waals surface area contributed by atoms with Crippen LogP contribution in [0.5, 0.6) is 0 Å². The number of aromatic nitrogens is 1. The van der Waals surface area contributed by atoms with Crippen molar-refractivity contribution in [1.82, 2.24) is 4.98 Å². The van der Waals surface area contributed by atoms with Gasteiger partial charge in [-0.15, -0.1) is 0 Å². The number of sulfone groups is 1. The molecule has 0 saturated carbocycles. The van der Waals surface area contributed by atoms with Crippen LogP contribution in [0.15, 0.2) is 105 Å². The van der Waals surface area contributed by atoms with Crippen molar-refractivity contribution in [2.24, 2.45) is 0 Å². The second-order valence-electron chi connectivity index (χ2n) is 5.74. The maximum absolute atomic E-state index is 12.6. The Morgan fingerprint density at radius 1 is 0.654 bits per heavy atom. The van der Waals surface area contributed by atoms with Gasteiger partial charge < -0.3 is 4.42 Å². The van der Waals surface area contributed by atoms with E-state index >= 15 is 0 Å². The number of oxazole rings is 1. The van der Waals surface area contributed by atoms with E-state index in [0.29, 0.717) is 11.7 Å². The van der Waals surface area contributed by atoms with Gasteiger partial charge in [0, 0.05) is 11.1 Å². The van der Waals surface area contributed by atoms with Crippen LogP contribution in [0.1, 0.15) is 0 Å². The second kappa shape index (κ2) is 6.61. The number of rotatable bonds is 4. The summed E-state index contributed by atoms with van der Waals surface area (Å²) in [6, 6.07) is 24.6. The van der Waals surface area contributed by atoms with Crippen LogP contribution in [0, 0.1) is 0 Å². The Morgan fingerprint density at radius 2 is 1.23 bits per heavy atom. The van der Waals surface area contributed by atoms with Crippen LogP contribution in [-0.4, -0.2) is 13.4 Å². The quantitative estimate of drug-likeness (QED) is 0.522. The lowest BCUT2D eigenvalue weighted by molar-refractivity contribution is 0.588. The van der Waals surface area contributed by atoms with Gasteiger partial charge in [-0.25, -0.2) is 13.4 Å². The first-order valence-corrected chi connectivity index (χ1v) is 9.55. The van der Waals surface area contributed by atoms with E-state index in [9.17, 15) is 8.42 Å². The summed E-state index contributed by atoms with van der Waals surface area (Å²) in [5.41, 5.74) is 1.66. The monoisotopic (exact) mass is 361 g/mol. The first-order chi connectivity index (χ1) is 12.6. The summed E-state index contributed by atoms with van der Waals surface area (Å²) in [5.74, 6) is 1.12. The molecule has 128 valence electrons. The number of benzene rings is 3. The molecule has 5 heteroatoms. The van der Waals surface area contributed by atoms with Crippen LogP contribution < -0.4 is 0 Å². The van der Waals surface area contributed by atoms with Gasteiger partial charge in [0.2, 0.25) is 15.7 Å². The van der Waals surface area contributed by atoms with Gasteiger partial charge in [0.1, 0.15) is 0 Å². The minimum atomic E-state index is -3.53. The van der Waals surface area contributed by atoms with Crippen LogP contribution in [0.2, 0.25) is 0 Å². The highest BCUT2D eigenvalue weighted by Gasteiger charge is 2.17. The molecule has 4 rings (SSSR count). The summed E-state index contributed by atoms with van der Waals surface area (Å²) in [6.07, 6.45) is 1.67. The molecule has 4 aromatic rings. The smallest absolute Gasteiger partial charge is 0.226 e. The van der Waals surface area contributed by atoms with E-state index in [4.69, 9.17) is 4.42 Å². The molecule has 26 heavy (non-hydrogen) atoms. The second-order valence-corrected chi connectivity index (χ2v) is 7.69. The summed E-state index contributed by atoms with van der Waals surface area (Å²) in [6.45, 7) is 0. The van der Waals surface area contributed by atoms with Crippen molar-refractivity contribution in [1.29, 1.82) is 0 Å². The molecule has 3 aromatic carbocycles. The van der Waals surface area contributed by atoms with Gasteiger partial charge in [0.25, 0.3) is 0 Å². The predicted molar refractivity (Wildman–Crippen MR) is 99.3 cm³/mol. The number of nitrogens with zero attached hydrogens (tertiary/aromatic N) is 1. The fourth-order valence-electron chi connectivity index (χ4n) is 2.66. The van der Waals surface area contributed by atoms with Crippen molar-refractivity contribution in [3.63, 3.8) is 0 Å². The molecule has 0 aliphatic carbocycles. The van der Waals surface area contributed by atoms with Crippen LogP contribution in [0.25, 0.3) is 22.8 Å². The Labute approximate surface area is 151 Å². The highest BCUT2D eigenvalue weighted by Crippen LogP contribution is 2.28. The van der Waals surface area contributed by atoms with Crippen LogP contribution in [0.3, 0.4) is 0 Å². The van der Waals surface area contributed by atoms with E-state index in [2.05, 4.69) is 4.98 Å². The number of hydrogen-bond donors (Lipinski definition) is 0. The summed E-state index contributed by atoms with van der Waals surface area (Å²) in [4.78, 5) is 4.81. The highest BCUT2D eigenvalue weighted by atomic mass is 32.2. The van der Waals surface area contributed by atoms with Gasteiger partial charge in [-0.3, -0.25) is 0 Å². The molecule has 4 nitrogen and oxygen atoms in total. The van der Waals surface area contributed by atoms with E-state index in [0.717, 1.165) is 11.1 Å². The standard InChI is InChI=1S/C21H15NO3S/c23-26(24,18-9-5-2-6-10-18)19-13-11-17(12-14-19)21-22-15-20(25-21)16-7-3-1-4-8-16/h1-15H. The molecule has 1 heterocycles. The molecule has 0 saturated heterocycles. The predicted octanol–water partition coefficient (Wildman–Crippen LogP) is 4.84. The Morgan fingerprint density at radius 3 is 1.88 bits per heavy atom. The lowest BCUT2D eigenvalue weighted by Crippen LogP contribution is -2.01. The van der Waals surface area contributed by atoms with Crippen molar-refractivity contribution >= 4 is 9.84 Å². The molecular formula is C21H15NO3S. The van der Waals surface area contributed by atoms with Crippen LogP contribution in [0.4, 0.5) is 0 Å². The van der Waals surface area contributed by atoms with E-state index in [1.165, 1.54) is 0 Å². The van der Waals surface area contributed by atoms with E-state index in [-0.39, 0.29) is 9.79 Å². The molecule has 0 atom stereocenters. The zero-order chi connectivity index (χ0) is 18.0. The summed E-state index contributed by atoms with van der Waals surface area (Å²) in [5, 5.41) is 0. The largest absolute Gasteiger partial charge is 0.436 e. The van der Waals surface area contributed by atoms with Crippen molar-refractivity contribution < 1.29 is 12.8 Å². The minimum Gasteiger partial charge on any atom is -0.436 e. The van der Waals surface area contributed by atoms with Crippen molar-refractivity contribution in [3.8, 4) is 22.8 Å². The van der Waals surface area contributed by atoms with Gasteiger partial charge in [-0.05, 0) is 36.4 Å². The minimum absolute atomic E-state index is 0.238. The SMILES string of the molecule is O=S(=O)(c1ccccc1)c1ccc(-c2ncc(-c3ccccc3)o2)cc1. The van der Waals surface area contributed by atoms with Gasteiger partial charge in [-0.1, -0.05) is 48.5 Å². The number of hydrogen-bond acceptors (Lipinski definition) is 4. The molecule has 0 unspecified atom stereocenters. The molecule has 0 amide bonds. The third-order valence-electron chi connectivity index (χ3n) is 4.03. The molecule has 0 fully saturated rings. The van der Waals surface area contributed by atoms with Gasteiger partial charge in [0.05, 0.1) is 16.0 Å². The maximum Gasteiger partial charge on any atom is 0.226 e. The Bertz CT molecular complexity index is 1120. The van der Waals surface area contributed by atoms with Crippen molar-refractivity contribution in [2.75, 3.05) is 0 Å². The fraction of sp³-hybridized carbons (Fsp3) is 0. The molecule has 0 spiro atoms. The average Bonchev–Trinajstić information content (AvgIpc) is 3.20. The fourth-order valence-corrected chi connectivity index (χ4v) is 3.94. The third kappa shape index (κ3) is 3.05. The van der Waals surface area contributed by atoms with Gasteiger partial charge in [-0.2, -0.15) is 0 Å². The molecular weight excluding hydrogens is 346 g/mol. The van der Waals surface area contributed by atoms with Crippen LogP contribution in [-0.2, 0) is 9.84 Å². The molecule has 0 bridgehead atoms. The van der Waals surface area contributed by atoms with Crippen molar-refractivity contribution in [2.45, 2.75) is 9.79 Å². The zero-order valence-corrected chi connectivity index (χ0v) is 14.6. The summed E-state index contributed by atoms with van der Waals surface area (Å²) >= 11 is 0. The third-order valence-corrected chi connectivity index (χ3v) is 5.81. The Hall–Kier alpha value is -3.18. The van der Waals surface area contributed by atoms with E-state index < -0.39 is 9.84 Å². The lowest BCUT2D eigenvalue weighted by atomic mass is 10.2. The normalized spacial score (nSPS) is 11.4. The summed E-state index contributed by atoms with van der Waals surface area (Å²) in [7, 11) is -3.53. The molecule has 0 N–H and O–H groups in total. The molecule has 0 aliphatic heterocycles. The van der Waals surface area contributed by atoms with Gasteiger partial charge >= 0.3 is 0 Å². The van der Waals surface area contributed by atoms with Crippen LogP contribution >= 0.6 is 0 Å². The average molecular weight is 361 g/mol. The van der Waals surface area contributed by atoms with E-state index in [1.807, 2.05) is 30.3 Å². The van der Waals surface area contributed by atoms with Gasteiger partial charge in [0.15, 0.2) is 5.76 Å². The molecule has 0 radical (unpaired) electrons. The Balaban J connectivity index is 1.64. The highest BCUT2D eigenvalue weighted by molar-refractivity contribution is 7.91. The summed E-state index contributed by atoms with van der Waals surface area (Å²) < 4.78 is 31.1. The van der Waals surface area contributed by atoms with E-state index in [1.54, 1.807) is 60.8 Å². The van der Waals surface area contributed by atoms with Crippen molar-refractivity contribution in [3.05, 3.63) is 91.1 Å². The topological polar surface area (TPSA) is 60.2 Å². The first-order valence-electron chi connectivity index (χ1n) is 8.06. The molecule has 0 aliphatic rings. The zero-order valence-electron chi connectivity index (χ0n) is 13.7. The first kappa shape index (κ1) is 16.3. The lowest BCUT2D eigenvalue weighted by Gasteiger charge is -2.05. The molecule has 1 aromatic heterocycles. The Kier molecular flexibility index (Phi) is 4.14. The maximum atomic E-state index is 12.6.